The number of fused-ring (bicyclic) bond motifs is 1. The van der Waals surface area contributed by atoms with Crippen molar-refractivity contribution < 1.29 is 24.1 Å². The number of phenolic OH excluding ortho intramolecular Hbond substituents is 1. The van der Waals surface area contributed by atoms with Gasteiger partial charge in [-0.25, -0.2) is 4.79 Å². The minimum Gasteiger partial charge on any atom is -0.507 e. The first-order valence-electron chi connectivity index (χ1n) is 13.2. The molecule has 0 fully saturated rings. The van der Waals surface area contributed by atoms with E-state index >= 15 is 0 Å². The molecule has 0 amide bonds. The molecule has 200 valence electrons. The molecule has 0 aromatic heterocycles. The van der Waals surface area contributed by atoms with Crippen molar-refractivity contribution in [1.29, 1.82) is 0 Å². The van der Waals surface area contributed by atoms with Crippen molar-refractivity contribution in [1.82, 2.24) is 0 Å². The van der Waals surface area contributed by atoms with Gasteiger partial charge in [0.25, 0.3) is 0 Å². The molecule has 0 heterocycles. The molecule has 4 rings (SSSR count). The van der Waals surface area contributed by atoms with Crippen LogP contribution in [0, 0.1) is 0 Å². The molecule has 0 aliphatic heterocycles. The molecule has 0 saturated heterocycles. The van der Waals surface area contributed by atoms with Crippen molar-refractivity contribution in [3.8, 4) is 28.4 Å². The number of rotatable bonds is 8. The number of esters is 1. The molecule has 0 unspecified atom stereocenters. The summed E-state index contributed by atoms with van der Waals surface area (Å²) in [5.74, 6) is 1.26. The first kappa shape index (κ1) is 27.3. The average Bonchev–Trinajstić information content (AvgIpc) is 2.90. The Morgan fingerprint density at radius 1 is 0.921 bits per heavy atom. The third-order valence-corrected chi connectivity index (χ3v) is 7.52. The van der Waals surface area contributed by atoms with Gasteiger partial charge in [0.1, 0.15) is 23.9 Å². The highest BCUT2D eigenvalue weighted by Gasteiger charge is 2.38. The highest BCUT2D eigenvalue weighted by molar-refractivity contribution is 5.88. The van der Waals surface area contributed by atoms with E-state index in [-0.39, 0.29) is 16.6 Å². The van der Waals surface area contributed by atoms with E-state index in [9.17, 15) is 9.90 Å². The number of hydrogen-bond acceptors (Lipinski definition) is 5. The van der Waals surface area contributed by atoms with Gasteiger partial charge in [0.15, 0.2) is 0 Å². The van der Waals surface area contributed by atoms with Gasteiger partial charge in [0.05, 0.1) is 13.7 Å². The maximum atomic E-state index is 11.9. The normalized spacial score (nSPS) is 15.6. The van der Waals surface area contributed by atoms with Gasteiger partial charge >= 0.3 is 5.97 Å². The molecule has 0 spiro atoms. The smallest absolute Gasteiger partial charge is 0.330 e. The monoisotopic (exact) mass is 514 g/mol. The van der Waals surface area contributed by atoms with Crippen molar-refractivity contribution in [3.05, 3.63) is 82.9 Å². The van der Waals surface area contributed by atoms with Crippen LogP contribution in [0.5, 0.6) is 17.2 Å². The summed E-state index contributed by atoms with van der Waals surface area (Å²) < 4.78 is 16.8. The summed E-state index contributed by atoms with van der Waals surface area (Å²) in [4.78, 5) is 11.9. The van der Waals surface area contributed by atoms with Gasteiger partial charge in [-0.05, 0) is 95.3 Å². The topological polar surface area (TPSA) is 65.0 Å². The Morgan fingerprint density at radius 3 is 2.21 bits per heavy atom. The second kappa shape index (κ2) is 10.9. The zero-order valence-electron chi connectivity index (χ0n) is 23.3. The van der Waals surface area contributed by atoms with Crippen molar-refractivity contribution in [2.24, 2.45) is 0 Å². The van der Waals surface area contributed by atoms with Crippen LogP contribution in [-0.2, 0) is 27.0 Å². The number of methoxy groups -OCH3 is 1. The van der Waals surface area contributed by atoms with Gasteiger partial charge in [-0.15, -0.1) is 0 Å². The summed E-state index contributed by atoms with van der Waals surface area (Å²) in [6, 6.07) is 17.5. The van der Waals surface area contributed by atoms with Crippen LogP contribution in [0.25, 0.3) is 17.2 Å². The zero-order valence-corrected chi connectivity index (χ0v) is 23.3. The van der Waals surface area contributed by atoms with Gasteiger partial charge in [0, 0.05) is 17.2 Å². The maximum absolute atomic E-state index is 11.9. The van der Waals surface area contributed by atoms with Crippen LogP contribution in [-0.4, -0.2) is 24.8 Å². The lowest BCUT2D eigenvalue weighted by molar-refractivity contribution is -0.137. The molecular formula is C33H38O5. The predicted octanol–water partition coefficient (Wildman–Crippen LogP) is 7.57. The molecule has 1 N–H and O–H groups in total. The minimum atomic E-state index is -0.400. The zero-order chi connectivity index (χ0) is 27.5. The van der Waals surface area contributed by atoms with Gasteiger partial charge in [-0.2, -0.15) is 0 Å². The number of carbonyl (C=O) groups excluding carboxylic acids is 1. The number of phenols is 1. The number of aromatic hydroxyl groups is 1. The molecule has 0 radical (unpaired) electrons. The Bertz CT molecular complexity index is 1330. The van der Waals surface area contributed by atoms with Crippen LogP contribution >= 0.6 is 0 Å². The summed E-state index contributed by atoms with van der Waals surface area (Å²) in [5, 5.41) is 11.0. The third-order valence-electron chi connectivity index (χ3n) is 7.52. The van der Waals surface area contributed by atoms with E-state index in [4.69, 9.17) is 14.2 Å². The van der Waals surface area contributed by atoms with E-state index in [1.807, 2.05) is 30.3 Å². The highest BCUT2D eigenvalue weighted by atomic mass is 16.5. The van der Waals surface area contributed by atoms with E-state index in [0.29, 0.717) is 24.5 Å². The standard InChI is InChI=1S/C33H38O5/c1-7-37-31(35)15-11-22-10-14-29(34)25(18-22)26-19-27-28(33(4,5)17-16-32(27,2)3)20-30(26)38-21-23-8-12-24(36-6)13-9-23/h8-15,18-20,34H,7,16-17,21H2,1-6H3. The molecule has 1 aliphatic rings. The lowest BCUT2D eigenvalue weighted by atomic mass is 9.62. The molecule has 0 bridgehead atoms. The van der Waals surface area contributed by atoms with Crippen molar-refractivity contribution >= 4 is 12.0 Å². The number of carbonyl (C=O) groups is 1. The molecule has 5 heteroatoms. The quantitative estimate of drug-likeness (QED) is 0.248. The highest BCUT2D eigenvalue weighted by Crippen LogP contribution is 2.50. The van der Waals surface area contributed by atoms with Crippen molar-refractivity contribution in [2.75, 3.05) is 13.7 Å². The predicted molar refractivity (Wildman–Crippen MR) is 152 cm³/mol. The van der Waals surface area contributed by atoms with Gasteiger partial charge < -0.3 is 19.3 Å². The van der Waals surface area contributed by atoms with Crippen LogP contribution in [0.1, 0.15) is 69.7 Å². The summed E-state index contributed by atoms with van der Waals surface area (Å²) in [7, 11) is 1.65. The fourth-order valence-corrected chi connectivity index (χ4v) is 5.03. The first-order valence-corrected chi connectivity index (χ1v) is 13.2. The third kappa shape index (κ3) is 5.88. The van der Waals surface area contributed by atoms with Gasteiger partial charge in [-0.3, -0.25) is 0 Å². The van der Waals surface area contributed by atoms with Gasteiger partial charge in [-0.1, -0.05) is 45.9 Å². The second-order valence-electron chi connectivity index (χ2n) is 11.2. The Hall–Kier alpha value is -3.73. The lowest BCUT2D eigenvalue weighted by Crippen LogP contribution is -2.33. The van der Waals surface area contributed by atoms with Crippen LogP contribution in [0.3, 0.4) is 0 Å². The molecule has 3 aromatic rings. The molecule has 1 aliphatic carbocycles. The second-order valence-corrected chi connectivity index (χ2v) is 11.2. The van der Waals surface area contributed by atoms with E-state index in [1.54, 1.807) is 32.2 Å². The number of hydrogen-bond donors (Lipinski definition) is 1. The molecule has 0 saturated carbocycles. The molecular weight excluding hydrogens is 476 g/mol. The Kier molecular flexibility index (Phi) is 7.86. The Morgan fingerprint density at radius 2 is 1.58 bits per heavy atom. The molecule has 38 heavy (non-hydrogen) atoms. The maximum Gasteiger partial charge on any atom is 0.330 e. The Balaban J connectivity index is 1.81. The molecule has 0 atom stereocenters. The number of benzene rings is 3. The van der Waals surface area contributed by atoms with E-state index in [2.05, 4.69) is 39.8 Å². The van der Waals surface area contributed by atoms with Crippen LogP contribution in [0.4, 0.5) is 0 Å². The summed E-state index contributed by atoms with van der Waals surface area (Å²) in [5.41, 5.74) is 5.83. The lowest BCUT2D eigenvalue weighted by Gasteiger charge is -2.42. The Labute approximate surface area is 226 Å². The van der Waals surface area contributed by atoms with E-state index in [1.165, 1.54) is 17.2 Å². The van der Waals surface area contributed by atoms with Crippen LogP contribution in [0.15, 0.2) is 60.7 Å². The van der Waals surface area contributed by atoms with Crippen LogP contribution < -0.4 is 9.47 Å². The summed E-state index contributed by atoms with van der Waals surface area (Å²) in [6.07, 6.45) is 5.26. The minimum absolute atomic E-state index is 0.00781. The van der Waals surface area contributed by atoms with E-state index in [0.717, 1.165) is 35.3 Å². The summed E-state index contributed by atoms with van der Waals surface area (Å²) >= 11 is 0. The molecule has 3 aromatic carbocycles. The van der Waals surface area contributed by atoms with E-state index < -0.39 is 5.97 Å². The van der Waals surface area contributed by atoms with Gasteiger partial charge in [0.2, 0.25) is 0 Å². The fourth-order valence-electron chi connectivity index (χ4n) is 5.03. The summed E-state index contributed by atoms with van der Waals surface area (Å²) in [6.45, 7) is 11.6. The van der Waals surface area contributed by atoms with Crippen LogP contribution in [0.2, 0.25) is 0 Å². The van der Waals surface area contributed by atoms with Crippen molar-refractivity contribution in [2.45, 2.75) is 64.9 Å². The fraction of sp³-hybridized carbons (Fsp3) is 0.364. The largest absolute Gasteiger partial charge is 0.507 e. The number of ether oxygens (including phenoxy) is 3. The molecule has 5 nitrogen and oxygen atoms in total. The van der Waals surface area contributed by atoms with Crippen molar-refractivity contribution in [3.63, 3.8) is 0 Å². The SMILES string of the molecule is CCOC(=O)C=Cc1ccc(O)c(-c2cc3c(cc2OCc2ccc(OC)cc2)C(C)(C)CCC3(C)C)c1. The first-order chi connectivity index (χ1) is 18.0. The average molecular weight is 515 g/mol.